The Balaban J connectivity index is 2.77. The van der Waals surface area contributed by atoms with Gasteiger partial charge in [0.15, 0.2) is 0 Å². The van der Waals surface area contributed by atoms with E-state index in [2.05, 4.69) is 10.6 Å². The summed E-state index contributed by atoms with van der Waals surface area (Å²) < 4.78 is 0. The highest BCUT2D eigenvalue weighted by molar-refractivity contribution is 5.99. The van der Waals surface area contributed by atoms with Crippen LogP contribution >= 0.6 is 0 Å². The minimum Gasteiger partial charge on any atom is -0.480 e. The third-order valence-electron chi connectivity index (χ3n) is 3.36. The molecule has 0 aliphatic heterocycles. The second-order valence-electron chi connectivity index (χ2n) is 5.50. The number of carboxylic acid groups (broad SMARTS) is 1. The molecule has 0 heterocycles. The van der Waals surface area contributed by atoms with Crippen molar-refractivity contribution in [3.63, 3.8) is 0 Å². The van der Waals surface area contributed by atoms with Gasteiger partial charge in [0.25, 0.3) is 5.91 Å². The van der Waals surface area contributed by atoms with Gasteiger partial charge in [-0.05, 0) is 18.4 Å². The molecule has 0 fully saturated rings. The van der Waals surface area contributed by atoms with E-state index in [0.717, 1.165) is 5.56 Å². The maximum Gasteiger partial charge on any atom is 0.326 e. The van der Waals surface area contributed by atoms with E-state index >= 15 is 0 Å². The molecule has 0 aromatic heterocycles. The molecule has 0 spiro atoms. The maximum absolute atomic E-state index is 12.0. The van der Waals surface area contributed by atoms with Crippen LogP contribution in [0, 0.1) is 17.2 Å². The lowest BCUT2D eigenvalue weighted by Gasteiger charge is -2.18. The van der Waals surface area contributed by atoms with Crippen molar-refractivity contribution in [2.75, 3.05) is 0 Å². The molecular formula is C17H21N3O3. The maximum atomic E-state index is 12.0. The number of rotatable bonds is 7. The third kappa shape index (κ3) is 5.47. The molecule has 0 radical (unpaired) electrons. The van der Waals surface area contributed by atoms with Crippen LogP contribution in [-0.2, 0) is 9.59 Å². The molecule has 3 N–H and O–H groups in total. The SMILES string of the molecule is CC(N/C=C(/C#N)C(=O)NC(C(=O)O)C(C)C)c1ccccc1. The van der Waals surface area contributed by atoms with Crippen molar-refractivity contribution in [1.82, 2.24) is 10.6 Å². The highest BCUT2D eigenvalue weighted by Crippen LogP contribution is 2.11. The van der Waals surface area contributed by atoms with Crippen LogP contribution in [0.4, 0.5) is 0 Å². The molecular weight excluding hydrogens is 294 g/mol. The average molecular weight is 315 g/mol. The fraction of sp³-hybridized carbons (Fsp3) is 0.353. The van der Waals surface area contributed by atoms with Crippen LogP contribution in [0.2, 0.25) is 0 Å². The van der Waals surface area contributed by atoms with Crippen LogP contribution in [0.15, 0.2) is 42.1 Å². The lowest BCUT2D eigenvalue weighted by atomic mass is 10.0. The predicted octanol–water partition coefficient (Wildman–Crippen LogP) is 1.97. The Morgan fingerprint density at radius 1 is 1.22 bits per heavy atom. The van der Waals surface area contributed by atoms with Gasteiger partial charge in [0.05, 0.1) is 0 Å². The minimum atomic E-state index is -1.13. The first-order valence-electron chi connectivity index (χ1n) is 7.31. The molecule has 1 aromatic carbocycles. The molecule has 6 nitrogen and oxygen atoms in total. The molecule has 2 atom stereocenters. The Labute approximate surface area is 135 Å². The van der Waals surface area contributed by atoms with Crippen molar-refractivity contribution in [2.45, 2.75) is 32.9 Å². The molecule has 0 bridgehead atoms. The van der Waals surface area contributed by atoms with Crippen molar-refractivity contribution in [2.24, 2.45) is 5.92 Å². The molecule has 23 heavy (non-hydrogen) atoms. The number of aliphatic carboxylic acids is 1. The van der Waals surface area contributed by atoms with E-state index in [1.54, 1.807) is 19.9 Å². The number of carboxylic acids is 1. The molecule has 1 aromatic rings. The topological polar surface area (TPSA) is 102 Å². The highest BCUT2D eigenvalue weighted by atomic mass is 16.4. The number of carbonyl (C=O) groups is 2. The molecule has 0 saturated carbocycles. The smallest absolute Gasteiger partial charge is 0.326 e. The summed E-state index contributed by atoms with van der Waals surface area (Å²) in [6, 6.07) is 10.2. The van der Waals surface area contributed by atoms with Gasteiger partial charge in [-0.3, -0.25) is 4.79 Å². The first kappa shape index (κ1) is 18.2. The van der Waals surface area contributed by atoms with E-state index in [4.69, 9.17) is 10.4 Å². The first-order chi connectivity index (χ1) is 10.9. The van der Waals surface area contributed by atoms with E-state index in [0.29, 0.717) is 0 Å². The van der Waals surface area contributed by atoms with Crippen LogP contribution in [0.25, 0.3) is 0 Å². The van der Waals surface area contributed by atoms with Crippen LogP contribution in [-0.4, -0.2) is 23.0 Å². The molecule has 0 aliphatic rings. The zero-order valence-electron chi connectivity index (χ0n) is 13.4. The number of hydrogen-bond acceptors (Lipinski definition) is 4. The summed E-state index contributed by atoms with van der Waals surface area (Å²) in [6.45, 7) is 5.27. The molecule has 2 unspecified atom stereocenters. The van der Waals surface area contributed by atoms with Gasteiger partial charge in [-0.2, -0.15) is 5.26 Å². The standard InChI is InChI=1S/C17H21N3O3/c1-11(2)15(17(22)23)20-16(21)14(9-18)10-19-12(3)13-7-5-4-6-8-13/h4-8,10-12,15,19H,1-3H3,(H,20,21)(H,22,23)/b14-10-. The van der Waals surface area contributed by atoms with Crippen LogP contribution < -0.4 is 10.6 Å². The molecule has 1 rings (SSSR count). The van der Waals surface area contributed by atoms with Gasteiger partial charge in [-0.15, -0.1) is 0 Å². The Bertz CT molecular complexity index is 618. The van der Waals surface area contributed by atoms with Gasteiger partial charge < -0.3 is 15.7 Å². The molecule has 122 valence electrons. The number of benzene rings is 1. The lowest BCUT2D eigenvalue weighted by Crippen LogP contribution is -2.44. The second-order valence-corrected chi connectivity index (χ2v) is 5.50. The quantitative estimate of drug-likeness (QED) is 0.527. The van der Waals surface area contributed by atoms with Crippen molar-refractivity contribution >= 4 is 11.9 Å². The number of carbonyl (C=O) groups excluding carboxylic acids is 1. The number of nitrogens with zero attached hydrogens (tertiary/aromatic N) is 1. The number of amides is 1. The Morgan fingerprint density at radius 2 is 1.83 bits per heavy atom. The monoisotopic (exact) mass is 315 g/mol. The van der Waals surface area contributed by atoms with E-state index in [1.165, 1.54) is 6.20 Å². The summed E-state index contributed by atoms with van der Waals surface area (Å²) in [5.74, 6) is -2.12. The number of hydrogen-bond donors (Lipinski definition) is 3. The Morgan fingerprint density at radius 3 is 2.30 bits per heavy atom. The zero-order valence-corrected chi connectivity index (χ0v) is 13.4. The van der Waals surface area contributed by atoms with E-state index in [1.807, 2.05) is 37.3 Å². The van der Waals surface area contributed by atoms with Crippen molar-refractivity contribution in [3.05, 3.63) is 47.7 Å². The fourth-order valence-electron chi connectivity index (χ4n) is 1.93. The molecule has 0 aliphatic carbocycles. The first-order valence-corrected chi connectivity index (χ1v) is 7.31. The summed E-state index contributed by atoms with van der Waals surface area (Å²) in [5, 5.41) is 23.5. The van der Waals surface area contributed by atoms with Gasteiger partial charge in [-0.1, -0.05) is 44.2 Å². The Kier molecular flexibility index (Phi) is 6.81. The summed E-state index contributed by atoms with van der Waals surface area (Å²) >= 11 is 0. The summed E-state index contributed by atoms with van der Waals surface area (Å²) in [4.78, 5) is 23.1. The van der Waals surface area contributed by atoms with Gasteiger partial charge in [-0.25, -0.2) is 4.79 Å². The third-order valence-corrected chi connectivity index (χ3v) is 3.36. The van der Waals surface area contributed by atoms with Crippen molar-refractivity contribution in [3.8, 4) is 6.07 Å². The van der Waals surface area contributed by atoms with Crippen LogP contribution in [0.3, 0.4) is 0 Å². The summed E-state index contributed by atoms with van der Waals surface area (Å²) in [7, 11) is 0. The average Bonchev–Trinajstić information content (AvgIpc) is 2.53. The van der Waals surface area contributed by atoms with Crippen molar-refractivity contribution < 1.29 is 14.7 Å². The van der Waals surface area contributed by atoms with E-state index in [-0.39, 0.29) is 17.5 Å². The minimum absolute atomic E-state index is 0.0901. The van der Waals surface area contributed by atoms with E-state index < -0.39 is 17.9 Å². The van der Waals surface area contributed by atoms with Crippen molar-refractivity contribution in [1.29, 1.82) is 5.26 Å². The van der Waals surface area contributed by atoms with Gasteiger partial charge in [0, 0.05) is 12.2 Å². The second kappa shape index (κ2) is 8.59. The Hall–Kier alpha value is -2.81. The lowest BCUT2D eigenvalue weighted by molar-refractivity contribution is -0.142. The molecule has 1 amide bonds. The highest BCUT2D eigenvalue weighted by Gasteiger charge is 2.24. The van der Waals surface area contributed by atoms with E-state index in [9.17, 15) is 9.59 Å². The van der Waals surface area contributed by atoms with Gasteiger partial charge >= 0.3 is 5.97 Å². The summed E-state index contributed by atoms with van der Waals surface area (Å²) in [5.41, 5.74) is 0.840. The number of nitrogens with one attached hydrogen (secondary N) is 2. The predicted molar refractivity (Wildman–Crippen MR) is 86.1 cm³/mol. The van der Waals surface area contributed by atoms with Gasteiger partial charge in [0.1, 0.15) is 17.7 Å². The van der Waals surface area contributed by atoms with Gasteiger partial charge in [0.2, 0.25) is 0 Å². The largest absolute Gasteiger partial charge is 0.480 e. The molecule has 0 saturated heterocycles. The normalized spacial score (nSPS) is 13.8. The zero-order chi connectivity index (χ0) is 17.4. The fourth-order valence-corrected chi connectivity index (χ4v) is 1.93. The summed E-state index contributed by atoms with van der Waals surface area (Å²) in [6.07, 6.45) is 1.31. The number of nitriles is 1. The van der Waals surface area contributed by atoms with Crippen LogP contribution in [0.1, 0.15) is 32.4 Å². The molecule has 6 heteroatoms. The van der Waals surface area contributed by atoms with Crippen LogP contribution in [0.5, 0.6) is 0 Å².